The quantitative estimate of drug-likeness (QED) is 0.131. The van der Waals surface area contributed by atoms with Crippen LogP contribution in [0.2, 0.25) is 0 Å². The number of nitrogens with two attached hydrogens (primary N) is 1. The maximum atomic E-state index is 14.0. The van der Waals surface area contributed by atoms with Crippen LogP contribution in [0.5, 0.6) is 11.5 Å². The van der Waals surface area contributed by atoms with E-state index in [1.807, 2.05) is 0 Å². The van der Waals surface area contributed by atoms with E-state index in [0.29, 0.717) is 36.1 Å². The summed E-state index contributed by atoms with van der Waals surface area (Å²) in [5.41, 5.74) is 8.21. The van der Waals surface area contributed by atoms with Crippen LogP contribution in [0.3, 0.4) is 0 Å². The van der Waals surface area contributed by atoms with Gasteiger partial charge in [0.25, 0.3) is 0 Å². The summed E-state index contributed by atoms with van der Waals surface area (Å²) < 4.78 is 0. The topological polar surface area (TPSA) is 201 Å². The number of hydrogen-bond donors (Lipinski definition) is 9. The van der Waals surface area contributed by atoms with Gasteiger partial charge in [-0.05, 0) is 87.0 Å². The monoisotopic (exact) mass is 613 g/mol. The highest BCUT2D eigenvalue weighted by molar-refractivity contribution is 5.93. The Labute approximate surface area is 258 Å². The number of likely N-dealkylation sites (N-methyl/N-ethyl adjacent to an activating group) is 2. The van der Waals surface area contributed by atoms with Crippen molar-refractivity contribution < 1.29 is 29.7 Å². The molecule has 0 aromatic heterocycles. The number of rotatable bonds is 12. The molecule has 242 valence electrons. The summed E-state index contributed by atoms with van der Waals surface area (Å²) in [6.45, 7) is 1.11. The molecule has 4 atom stereocenters. The van der Waals surface area contributed by atoms with E-state index in [0.717, 1.165) is 5.56 Å². The number of nitrogens with one attached hydrogen (secondary N) is 5. The molecule has 1 unspecified atom stereocenters. The second-order valence-corrected chi connectivity index (χ2v) is 11.1. The standard InChI is InChI=1S/C31H47N7O6/c1-33-11-4-5-24-29(42)37-26(31(44)38(12-10-32)18-23(39)17-34-2)16-22-14-20(7-9-28(22)41)19-6-8-27(40)21(13-19)15-25(35-3)30(43)36-24/h6-9,13-14,23-26,33-35,39-41H,4-5,10-12,15-18,32H2,1-3H3,(H,36,43)(H,37,42)/t23?,24-,25-,26-/m0/s1. The van der Waals surface area contributed by atoms with Crippen LogP contribution in [-0.4, -0.2) is 116 Å². The maximum absolute atomic E-state index is 14.0. The van der Waals surface area contributed by atoms with Crippen LogP contribution in [-0.2, 0) is 27.2 Å². The van der Waals surface area contributed by atoms with Gasteiger partial charge in [-0.1, -0.05) is 12.1 Å². The maximum Gasteiger partial charge on any atom is 0.245 e. The third-order valence-electron chi connectivity index (χ3n) is 7.75. The first-order chi connectivity index (χ1) is 21.1. The number of fused-ring (bicyclic) bond motifs is 5. The van der Waals surface area contributed by atoms with Crippen LogP contribution in [0.25, 0.3) is 11.1 Å². The number of benzene rings is 2. The number of aliphatic hydroxyl groups excluding tert-OH is 1. The van der Waals surface area contributed by atoms with Gasteiger partial charge < -0.3 is 52.5 Å². The molecule has 1 aliphatic rings. The fourth-order valence-electron chi connectivity index (χ4n) is 5.34. The fraction of sp³-hybridized carbons (Fsp3) is 0.516. The summed E-state index contributed by atoms with van der Waals surface area (Å²) >= 11 is 0. The van der Waals surface area contributed by atoms with Crippen LogP contribution in [0.1, 0.15) is 24.0 Å². The molecule has 0 saturated carbocycles. The summed E-state index contributed by atoms with van der Waals surface area (Å²) in [4.78, 5) is 42.7. The highest BCUT2D eigenvalue weighted by Crippen LogP contribution is 2.31. The van der Waals surface area contributed by atoms with Gasteiger partial charge in [-0.3, -0.25) is 14.4 Å². The first-order valence-corrected chi connectivity index (χ1v) is 15.0. The zero-order valence-corrected chi connectivity index (χ0v) is 25.7. The lowest BCUT2D eigenvalue weighted by Gasteiger charge is -2.31. The van der Waals surface area contributed by atoms with Crippen molar-refractivity contribution in [3.63, 3.8) is 0 Å². The Balaban J connectivity index is 2.12. The minimum Gasteiger partial charge on any atom is -0.508 e. The molecule has 13 nitrogen and oxygen atoms in total. The lowest BCUT2D eigenvalue weighted by molar-refractivity contribution is -0.138. The molecule has 44 heavy (non-hydrogen) atoms. The molecule has 10 N–H and O–H groups in total. The van der Waals surface area contributed by atoms with Gasteiger partial charge in [-0.25, -0.2) is 0 Å². The van der Waals surface area contributed by atoms with Crippen LogP contribution in [0, 0.1) is 0 Å². The van der Waals surface area contributed by atoms with Crippen molar-refractivity contribution in [1.82, 2.24) is 31.5 Å². The van der Waals surface area contributed by atoms with E-state index in [9.17, 15) is 29.7 Å². The molecule has 0 aliphatic carbocycles. The number of aliphatic hydroxyl groups is 1. The predicted molar refractivity (Wildman–Crippen MR) is 168 cm³/mol. The van der Waals surface area contributed by atoms with E-state index in [4.69, 9.17) is 5.73 Å². The van der Waals surface area contributed by atoms with Gasteiger partial charge in [0.05, 0.1) is 12.1 Å². The van der Waals surface area contributed by atoms with Crippen molar-refractivity contribution in [2.45, 2.75) is 49.9 Å². The zero-order chi connectivity index (χ0) is 32.2. The first-order valence-electron chi connectivity index (χ1n) is 15.0. The Hall–Kier alpha value is -3.75. The average Bonchev–Trinajstić information content (AvgIpc) is 3.00. The molecular weight excluding hydrogens is 566 g/mol. The van der Waals surface area contributed by atoms with E-state index in [-0.39, 0.29) is 50.5 Å². The number of amides is 3. The Morgan fingerprint density at radius 2 is 1.61 bits per heavy atom. The molecule has 2 aromatic carbocycles. The smallest absolute Gasteiger partial charge is 0.245 e. The summed E-state index contributed by atoms with van der Waals surface area (Å²) in [6.07, 6.45) is 0.0843. The zero-order valence-electron chi connectivity index (χ0n) is 25.7. The number of nitrogens with zero attached hydrogens (tertiary/aromatic N) is 1. The van der Waals surface area contributed by atoms with E-state index >= 15 is 0 Å². The largest absolute Gasteiger partial charge is 0.508 e. The number of phenolic OH excluding ortho intramolecular Hbond substituents is 2. The fourth-order valence-corrected chi connectivity index (χ4v) is 5.34. The minimum atomic E-state index is -1.14. The summed E-state index contributed by atoms with van der Waals surface area (Å²) in [5, 5.41) is 46.5. The van der Waals surface area contributed by atoms with Crippen LogP contribution >= 0.6 is 0 Å². The number of aromatic hydroxyl groups is 2. The molecule has 13 heteroatoms. The van der Waals surface area contributed by atoms with Crippen LogP contribution < -0.4 is 32.3 Å². The molecule has 3 amide bonds. The summed E-state index contributed by atoms with van der Waals surface area (Å²) in [6, 6.07) is 7.19. The lowest BCUT2D eigenvalue weighted by atomic mass is 9.95. The SMILES string of the molecule is CNCCC[C@@H]1NC(=O)[C@@H](NC)Cc2cc(ccc2O)-c2ccc(O)c(c2)C[C@@H](C(=O)N(CCN)CC(O)CNC)NC1=O. The lowest BCUT2D eigenvalue weighted by Crippen LogP contribution is -2.58. The Morgan fingerprint density at radius 1 is 0.977 bits per heavy atom. The molecule has 3 rings (SSSR count). The van der Waals surface area contributed by atoms with E-state index in [1.165, 1.54) is 11.0 Å². The van der Waals surface area contributed by atoms with E-state index in [1.54, 1.807) is 51.5 Å². The molecule has 0 radical (unpaired) electrons. The van der Waals surface area contributed by atoms with Gasteiger partial charge in [-0.2, -0.15) is 0 Å². The van der Waals surface area contributed by atoms with Gasteiger partial charge in [0.1, 0.15) is 23.6 Å². The summed E-state index contributed by atoms with van der Waals surface area (Å²) in [5.74, 6) is -1.50. The second-order valence-electron chi connectivity index (χ2n) is 11.1. The van der Waals surface area contributed by atoms with Gasteiger partial charge >= 0.3 is 0 Å². The molecule has 2 aromatic rings. The van der Waals surface area contributed by atoms with Crippen molar-refractivity contribution in [2.75, 3.05) is 53.9 Å². The second kappa shape index (κ2) is 16.9. The third-order valence-corrected chi connectivity index (χ3v) is 7.75. The van der Waals surface area contributed by atoms with Crippen LogP contribution in [0.15, 0.2) is 36.4 Å². The van der Waals surface area contributed by atoms with Crippen LogP contribution in [0.4, 0.5) is 0 Å². The first kappa shape index (κ1) is 34.7. The normalized spacial score (nSPS) is 19.7. The van der Waals surface area contributed by atoms with Crippen molar-refractivity contribution in [1.29, 1.82) is 0 Å². The van der Waals surface area contributed by atoms with E-state index in [2.05, 4.69) is 26.6 Å². The summed E-state index contributed by atoms with van der Waals surface area (Å²) in [7, 11) is 5.10. The molecule has 0 saturated heterocycles. The molecule has 0 spiro atoms. The minimum absolute atomic E-state index is 0.0161. The number of phenols is 2. The Kier molecular flexibility index (Phi) is 13.4. The van der Waals surface area contributed by atoms with Gasteiger partial charge in [0, 0.05) is 39.0 Å². The molecular formula is C31H47N7O6. The highest BCUT2D eigenvalue weighted by atomic mass is 16.3. The highest BCUT2D eigenvalue weighted by Gasteiger charge is 2.32. The number of hydrogen-bond acceptors (Lipinski definition) is 10. The van der Waals surface area contributed by atoms with Gasteiger partial charge in [0.2, 0.25) is 17.7 Å². The van der Waals surface area contributed by atoms with Gasteiger partial charge in [0.15, 0.2) is 0 Å². The Bertz CT molecular complexity index is 1280. The van der Waals surface area contributed by atoms with Crippen molar-refractivity contribution in [2.24, 2.45) is 5.73 Å². The Morgan fingerprint density at radius 3 is 2.18 bits per heavy atom. The molecule has 0 fully saturated rings. The van der Waals surface area contributed by atoms with Crippen molar-refractivity contribution >= 4 is 17.7 Å². The average molecular weight is 614 g/mol. The van der Waals surface area contributed by atoms with Crippen molar-refractivity contribution in [3.05, 3.63) is 47.5 Å². The third kappa shape index (κ3) is 9.37. The number of carbonyl (C=O) groups excluding carboxylic acids is 3. The van der Waals surface area contributed by atoms with E-state index < -0.39 is 42.0 Å². The number of carbonyl (C=O) groups is 3. The molecule has 1 heterocycles. The molecule has 1 aliphatic heterocycles. The van der Waals surface area contributed by atoms with Crippen molar-refractivity contribution in [3.8, 4) is 22.6 Å². The predicted octanol–water partition coefficient (Wildman–Crippen LogP) is -1.21. The molecule has 4 bridgehead atoms. The van der Waals surface area contributed by atoms with Gasteiger partial charge in [-0.15, -0.1) is 0 Å².